The Hall–Kier alpha value is 0.430. The van der Waals surface area contributed by atoms with Crippen LogP contribution in [0.4, 0.5) is 0 Å². The fourth-order valence-electron chi connectivity index (χ4n) is 1.61. The van der Waals surface area contributed by atoms with E-state index in [1.54, 1.807) is 0 Å². The summed E-state index contributed by atoms with van der Waals surface area (Å²) in [6.45, 7) is 4.65. The third kappa shape index (κ3) is 1.46. The van der Waals surface area contributed by atoms with Gasteiger partial charge in [0.05, 0.1) is 0 Å². The average Bonchev–Trinajstić information content (AvgIpc) is 1.79. The molecule has 0 saturated carbocycles. The summed E-state index contributed by atoms with van der Waals surface area (Å²) in [7, 11) is 1.29. The Morgan fingerprint density at radius 1 is 1.33 bits per heavy atom. The van der Waals surface area contributed by atoms with Crippen LogP contribution in [0, 0.1) is 5.41 Å². The van der Waals surface area contributed by atoms with E-state index in [0.717, 1.165) is 5.41 Å². The van der Waals surface area contributed by atoms with Crippen LogP contribution in [0.5, 0.6) is 0 Å². The van der Waals surface area contributed by atoms with E-state index < -0.39 is 0 Å². The molecule has 1 aliphatic rings. The predicted octanol–water partition coefficient (Wildman–Crippen LogP) is 2.88. The minimum Gasteiger partial charge on any atom is -0.121 e. The largest absolute Gasteiger partial charge is 0.121 e. The molecule has 1 fully saturated rings. The SMILES string of the molecule is CCCC1(CC)CPC1. The molecule has 54 valence electrons. The van der Waals surface area contributed by atoms with Crippen LogP contribution in [0.15, 0.2) is 0 Å². The Balaban J connectivity index is 2.28. The Bertz CT molecular complexity index is 79.1. The summed E-state index contributed by atoms with van der Waals surface area (Å²) in [6.07, 6.45) is 7.37. The maximum atomic E-state index is 2.35. The van der Waals surface area contributed by atoms with E-state index in [9.17, 15) is 0 Å². The zero-order valence-electron chi connectivity index (χ0n) is 6.54. The van der Waals surface area contributed by atoms with Gasteiger partial charge in [0.1, 0.15) is 0 Å². The molecule has 0 atom stereocenters. The lowest BCUT2D eigenvalue weighted by atomic mass is 9.84. The van der Waals surface area contributed by atoms with Crippen molar-refractivity contribution in [3.05, 3.63) is 0 Å². The second-order valence-electron chi connectivity index (χ2n) is 3.21. The van der Waals surface area contributed by atoms with Crippen molar-refractivity contribution in [2.24, 2.45) is 5.41 Å². The molecule has 9 heavy (non-hydrogen) atoms. The minimum atomic E-state index is 0.827. The third-order valence-corrected chi connectivity index (χ3v) is 4.53. The highest BCUT2D eigenvalue weighted by Crippen LogP contribution is 2.48. The van der Waals surface area contributed by atoms with Crippen molar-refractivity contribution in [3.8, 4) is 0 Å². The van der Waals surface area contributed by atoms with Gasteiger partial charge < -0.3 is 0 Å². The van der Waals surface area contributed by atoms with Gasteiger partial charge in [0.2, 0.25) is 0 Å². The van der Waals surface area contributed by atoms with Crippen molar-refractivity contribution in [2.45, 2.75) is 33.1 Å². The molecule has 0 nitrogen and oxygen atoms in total. The molecular formula is C8H17P. The Kier molecular flexibility index (Phi) is 2.52. The van der Waals surface area contributed by atoms with Gasteiger partial charge in [0, 0.05) is 0 Å². The van der Waals surface area contributed by atoms with Crippen molar-refractivity contribution in [1.82, 2.24) is 0 Å². The molecule has 0 aromatic carbocycles. The van der Waals surface area contributed by atoms with Gasteiger partial charge in [-0.1, -0.05) is 20.3 Å². The molecular weight excluding hydrogens is 127 g/mol. The van der Waals surface area contributed by atoms with Gasteiger partial charge in [-0.3, -0.25) is 0 Å². The predicted molar refractivity (Wildman–Crippen MR) is 45.7 cm³/mol. The van der Waals surface area contributed by atoms with Crippen molar-refractivity contribution in [1.29, 1.82) is 0 Å². The molecule has 0 radical (unpaired) electrons. The van der Waals surface area contributed by atoms with Crippen molar-refractivity contribution in [2.75, 3.05) is 12.3 Å². The maximum absolute atomic E-state index is 2.35. The highest BCUT2D eigenvalue weighted by atomic mass is 31.1. The van der Waals surface area contributed by atoms with Gasteiger partial charge in [0.15, 0.2) is 0 Å². The first kappa shape index (κ1) is 7.54. The van der Waals surface area contributed by atoms with Gasteiger partial charge in [-0.05, 0) is 30.6 Å². The van der Waals surface area contributed by atoms with Crippen LogP contribution in [0.3, 0.4) is 0 Å². The lowest BCUT2D eigenvalue weighted by Gasteiger charge is -2.41. The summed E-state index contributed by atoms with van der Waals surface area (Å²) in [5.74, 6) is 0. The normalized spacial score (nSPS) is 36.7. The summed E-state index contributed by atoms with van der Waals surface area (Å²) >= 11 is 0. The Morgan fingerprint density at radius 3 is 2.11 bits per heavy atom. The molecule has 0 spiro atoms. The third-order valence-electron chi connectivity index (χ3n) is 2.53. The first-order valence-electron chi connectivity index (χ1n) is 4.04. The van der Waals surface area contributed by atoms with Crippen LogP contribution in [0.1, 0.15) is 33.1 Å². The molecule has 0 aliphatic carbocycles. The van der Waals surface area contributed by atoms with E-state index in [-0.39, 0.29) is 0 Å². The first-order valence-corrected chi connectivity index (χ1v) is 5.45. The van der Waals surface area contributed by atoms with Gasteiger partial charge in [-0.25, -0.2) is 0 Å². The summed E-state index contributed by atoms with van der Waals surface area (Å²) in [4.78, 5) is 0. The summed E-state index contributed by atoms with van der Waals surface area (Å²) in [6, 6.07) is 0. The summed E-state index contributed by atoms with van der Waals surface area (Å²) < 4.78 is 0. The summed E-state index contributed by atoms with van der Waals surface area (Å²) in [5, 5.41) is 0. The Labute approximate surface area is 60.2 Å². The quantitative estimate of drug-likeness (QED) is 0.534. The molecule has 1 aliphatic heterocycles. The highest BCUT2D eigenvalue weighted by molar-refractivity contribution is 7.40. The molecule has 0 bridgehead atoms. The molecule has 0 unspecified atom stereocenters. The molecule has 1 heterocycles. The van der Waals surface area contributed by atoms with Gasteiger partial charge in [0.25, 0.3) is 0 Å². The van der Waals surface area contributed by atoms with Crippen molar-refractivity contribution < 1.29 is 0 Å². The van der Waals surface area contributed by atoms with Crippen LogP contribution < -0.4 is 0 Å². The molecule has 1 rings (SSSR count). The van der Waals surface area contributed by atoms with E-state index in [2.05, 4.69) is 13.8 Å². The van der Waals surface area contributed by atoms with Crippen LogP contribution in [-0.4, -0.2) is 12.3 Å². The van der Waals surface area contributed by atoms with Crippen LogP contribution >= 0.6 is 8.58 Å². The fourth-order valence-corrected chi connectivity index (χ4v) is 3.42. The van der Waals surface area contributed by atoms with Gasteiger partial charge in [-0.2, -0.15) is 0 Å². The number of hydrogen-bond acceptors (Lipinski definition) is 0. The van der Waals surface area contributed by atoms with Crippen LogP contribution in [0.25, 0.3) is 0 Å². The lowest BCUT2D eigenvalue weighted by molar-refractivity contribution is 0.309. The standard InChI is InChI=1S/C8H17P/c1-3-5-8(4-2)6-9-7-8/h9H,3-7H2,1-2H3. The van der Waals surface area contributed by atoms with E-state index in [1.165, 1.54) is 40.2 Å². The van der Waals surface area contributed by atoms with Crippen LogP contribution in [0.2, 0.25) is 0 Å². The molecule has 0 aromatic rings. The zero-order valence-corrected chi connectivity index (χ0v) is 7.54. The first-order chi connectivity index (χ1) is 4.33. The van der Waals surface area contributed by atoms with Crippen molar-refractivity contribution in [3.63, 3.8) is 0 Å². The smallest absolute Gasteiger partial charge is 0.0226 e. The zero-order chi connectivity index (χ0) is 6.74. The van der Waals surface area contributed by atoms with Crippen molar-refractivity contribution >= 4 is 8.58 Å². The number of hydrogen-bond donors (Lipinski definition) is 0. The van der Waals surface area contributed by atoms with E-state index in [1.807, 2.05) is 0 Å². The molecule has 0 amide bonds. The number of rotatable bonds is 3. The van der Waals surface area contributed by atoms with Gasteiger partial charge in [-0.15, -0.1) is 8.58 Å². The van der Waals surface area contributed by atoms with E-state index in [4.69, 9.17) is 0 Å². The second kappa shape index (κ2) is 3.01. The molecule has 0 N–H and O–H groups in total. The molecule has 1 heteroatoms. The Morgan fingerprint density at radius 2 is 2.00 bits per heavy atom. The van der Waals surface area contributed by atoms with Crippen LogP contribution in [-0.2, 0) is 0 Å². The minimum absolute atomic E-state index is 0.827. The topological polar surface area (TPSA) is 0 Å². The fraction of sp³-hybridized carbons (Fsp3) is 1.00. The van der Waals surface area contributed by atoms with Gasteiger partial charge >= 0.3 is 0 Å². The monoisotopic (exact) mass is 144 g/mol. The molecule has 0 aromatic heterocycles. The average molecular weight is 144 g/mol. The highest BCUT2D eigenvalue weighted by Gasteiger charge is 2.33. The van der Waals surface area contributed by atoms with E-state index >= 15 is 0 Å². The molecule has 1 saturated heterocycles. The second-order valence-corrected chi connectivity index (χ2v) is 4.41. The lowest BCUT2D eigenvalue weighted by Crippen LogP contribution is -2.32. The maximum Gasteiger partial charge on any atom is -0.0226 e. The van der Waals surface area contributed by atoms with E-state index in [0.29, 0.717) is 0 Å². The summed E-state index contributed by atoms with van der Waals surface area (Å²) in [5.41, 5.74) is 0.827.